The largest absolute Gasteiger partial charge is 0.507 e. The Balaban J connectivity index is 1.33. The summed E-state index contributed by atoms with van der Waals surface area (Å²) in [5.74, 6) is -0.855. The number of aromatic carboxylic acids is 1. The molecule has 0 unspecified atom stereocenters. The molecule has 10 heteroatoms. The van der Waals surface area contributed by atoms with E-state index in [1.54, 1.807) is 29.3 Å². The van der Waals surface area contributed by atoms with Gasteiger partial charge in [-0.1, -0.05) is 6.07 Å². The first kappa shape index (κ1) is 25.3. The molecule has 1 aromatic heterocycles. The first-order valence-electron chi connectivity index (χ1n) is 12.3. The van der Waals surface area contributed by atoms with E-state index < -0.39 is 11.6 Å². The van der Waals surface area contributed by atoms with E-state index in [0.717, 1.165) is 5.39 Å². The van der Waals surface area contributed by atoms with Gasteiger partial charge in [0.1, 0.15) is 17.1 Å². The number of nitrogens with one attached hydrogen (secondary N) is 1. The maximum atomic E-state index is 13.2. The number of carboxylic acids is 1. The number of ether oxygens (including phenoxy) is 2. The summed E-state index contributed by atoms with van der Waals surface area (Å²) >= 11 is 0. The van der Waals surface area contributed by atoms with E-state index in [9.17, 15) is 24.6 Å². The number of phenolic OH excluding ortho intramolecular Hbond substituents is 1. The second-order valence-electron chi connectivity index (χ2n) is 10.4. The molecule has 2 aliphatic heterocycles. The second-order valence-corrected chi connectivity index (χ2v) is 10.4. The van der Waals surface area contributed by atoms with Crippen molar-refractivity contribution in [2.24, 2.45) is 0 Å². The molecule has 1 fully saturated rings. The molecule has 1 saturated heterocycles. The van der Waals surface area contributed by atoms with Gasteiger partial charge in [0.15, 0.2) is 5.76 Å². The highest BCUT2D eigenvalue weighted by atomic mass is 16.6. The minimum atomic E-state index is -1.02. The monoisotopic (exact) mass is 519 g/mol. The number of amides is 1. The number of carboxylic acid groups (broad SMARTS) is 1. The fourth-order valence-electron chi connectivity index (χ4n) is 4.63. The highest BCUT2D eigenvalue weighted by molar-refractivity contribution is 6.15. The lowest BCUT2D eigenvalue weighted by molar-refractivity contribution is 0.0137. The summed E-state index contributed by atoms with van der Waals surface area (Å²) in [6.45, 7) is 7.97. The third-order valence-corrected chi connectivity index (χ3v) is 6.57. The molecule has 3 N–H and O–H groups in total. The van der Waals surface area contributed by atoms with Crippen LogP contribution in [0.25, 0.3) is 17.0 Å². The van der Waals surface area contributed by atoms with Gasteiger partial charge in [-0.2, -0.15) is 0 Å². The SMILES string of the molecule is CC(C)(C)OC(=O)N1CCN(Cc2c(O)ccc3c2OC(=Cc2c[nH]c4cc(C(=O)O)ccc24)C3=O)CC1. The van der Waals surface area contributed by atoms with Crippen LogP contribution < -0.4 is 4.74 Å². The Labute approximate surface area is 219 Å². The van der Waals surface area contributed by atoms with E-state index in [4.69, 9.17) is 9.47 Å². The van der Waals surface area contributed by atoms with Gasteiger partial charge >= 0.3 is 12.1 Å². The molecule has 0 saturated carbocycles. The molecule has 198 valence electrons. The highest BCUT2D eigenvalue weighted by Gasteiger charge is 2.33. The van der Waals surface area contributed by atoms with Gasteiger partial charge in [-0.05, 0) is 51.1 Å². The molecule has 0 radical (unpaired) electrons. The predicted molar refractivity (Wildman–Crippen MR) is 139 cm³/mol. The standard InChI is InChI=1S/C28H29N3O7/c1-28(2,3)38-27(36)31-10-8-30(9-11-31)15-20-22(32)7-6-19-24(33)23(37-25(19)20)13-17-14-29-21-12-16(26(34)35)4-5-18(17)21/h4-7,12-14,29,32H,8-11,15H2,1-3H3,(H,34,35). The van der Waals surface area contributed by atoms with Gasteiger partial charge in [0, 0.05) is 55.4 Å². The third kappa shape index (κ3) is 4.95. The van der Waals surface area contributed by atoms with E-state index in [1.807, 2.05) is 20.8 Å². The Kier molecular flexibility index (Phi) is 6.36. The number of aromatic amines is 1. The number of hydrogen-bond donors (Lipinski definition) is 3. The Morgan fingerprint density at radius 1 is 1.13 bits per heavy atom. The molecule has 3 heterocycles. The zero-order valence-electron chi connectivity index (χ0n) is 21.4. The van der Waals surface area contributed by atoms with Crippen LogP contribution in [0.1, 0.15) is 52.6 Å². The highest BCUT2D eigenvalue weighted by Crippen LogP contribution is 2.40. The van der Waals surface area contributed by atoms with E-state index >= 15 is 0 Å². The van der Waals surface area contributed by atoms with Crippen molar-refractivity contribution in [3.05, 3.63) is 64.5 Å². The Hall–Kier alpha value is -4.31. The number of phenols is 1. The van der Waals surface area contributed by atoms with Crippen molar-refractivity contribution in [2.45, 2.75) is 32.9 Å². The number of aromatic nitrogens is 1. The van der Waals surface area contributed by atoms with Crippen molar-refractivity contribution in [2.75, 3.05) is 26.2 Å². The van der Waals surface area contributed by atoms with Crippen molar-refractivity contribution in [1.82, 2.24) is 14.8 Å². The number of carbonyl (C=O) groups is 3. The van der Waals surface area contributed by atoms with Gasteiger partial charge in [-0.15, -0.1) is 0 Å². The number of H-pyrrole nitrogens is 1. The molecule has 10 nitrogen and oxygen atoms in total. The van der Waals surface area contributed by atoms with Gasteiger partial charge in [-0.3, -0.25) is 9.69 Å². The molecule has 0 atom stereocenters. The number of piperazine rings is 1. The van der Waals surface area contributed by atoms with Crippen LogP contribution in [0.2, 0.25) is 0 Å². The molecule has 38 heavy (non-hydrogen) atoms. The summed E-state index contributed by atoms with van der Waals surface area (Å²) in [6.07, 6.45) is 2.95. The van der Waals surface area contributed by atoms with Crippen LogP contribution in [-0.2, 0) is 11.3 Å². The van der Waals surface area contributed by atoms with Crippen molar-refractivity contribution in [3.8, 4) is 11.5 Å². The average Bonchev–Trinajstić information content (AvgIpc) is 3.40. The van der Waals surface area contributed by atoms with Crippen LogP contribution in [0.5, 0.6) is 11.5 Å². The number of fused-ring (bicyclic) bond motifs is 2. The molecule has 0 aliphatic carbocycles. The van der Waals surface area contributed by atoms with E-state index in [1.165, 1.54) is 18.2 Å². The number of allylic oxidation sites excluding steroid dienone is 1. The smallest absolute Gasteiger partial charge is 0.410 e. The molecule has 2 aromatic carbocycles. The number of benzene rings is 2. The zero-order valence-corrected chi connectivity index (χ0v) is 21.4. The summed E-state index contributed by atoms with van der Waals surface area (Å²) in [5.41, 5.74) is 1.78. The molecule has 5 rings (SSSR count). The lowest BCUT2D eigenvalue weighted by atomic mass is 10.0. The van der Waals surface area contributed by atoms with Crippen LogP contribution in [-0.4, -0.2) is 74.6 Å². The lowest BCUT2D eigenvalue weighted by Gasteiger charge is -2.35. The number of rotatable bonds is 4. The fraction of sp³-hybridized carbons (Fsp3) is 0.321. The summed E-state index contributed by atoms with van der Waals surface area (Å²) in [7, 11) is 0. The Morgan fingerprint density at radius 2 is 1.87 bits per heavy atom. The van der Waals surface area contributed by atoms with Crippen LogP contribution >= 0.6 is 0 Å². The van der Waals surface area contributed by atoms with Crippen molar-refractivity contribution < 1.29 is 34.1 Å². The second kappa shape index (κ2) is 9.53. The number of ketones is 1. The maximum absolute atomic E-state index is 13.2. The Bertz CT molecular complexity index is 1470. The first-order valence-corrected chi connectivity index (χ1v) is 12.3. The van der Waals surface area contributed by atoms with E-state index in [-0.39, 0.29) is 28.9 Å². The minimum absolute atomic E-state index is 0.0284. The number of Topliss-reactive ketones (excluding diaryl/α,β-unsaturated/α-hetero) is 1. The molecule has 3 aromatic rings. The van der Waals surface area contributed by atoms with Crippen molar-refractivity contribution in [3.63, 3.8) is 0 Å². The summed E-state index contributed by atoms with van der Waals surface area (Å²) < 4.78 is 11.5. The molecule has 0 bridgehead atoms. The number of nitrogens with zero attached hydrogens (tertiary/aromatic N) is 2. The van der Waals surface area contributed by atoms with E-state index in [0.29, 0.717) is 60.7 Å². The molecular weight excluding hydrogens is 490 g/mol. The molecule has 0 spiro atoms. The third-order valence-electron chi connectivity index (χ3n) is 6.57. The normalized spacial score (nSPS) is 17.1. The maximum Gasteiger partial charge on any atom is 0.410 e. The van der Waals surface area contributed by atoms with Gasteiger partial charge < -0.3 is 29.6 Å². The quantitative estimate of drug-likeness (QED) is 0.436. The van der Waals surface area contributed by atoms with Gasteiger partial charge in [-0.25, -0.2) is 9.59 Å². The van der Waals surface area contributed by atoms with Crippen molar-refractivity contribution >= 4 is 34.8 Å². The lowest BCUT2D eigenvalue weighted by Crippen LogP contribution is -2.49. The molecule has 1 amide bonds. The van der Waals surface area contributed by atoms with Crippen LogP contribution in [0.15, 0.2) is 42.3 Å². The van der Waals surface area contributed by atoms with Crippen LogP contribution in [0, 0.1) is 0 Å². The predicted octanol–water partition coefficient (Wildman–Crippen LogP) is 4.24. The van der Waals surface area contributed by atoms with Gasteiger partial charge in [0.25, 0.3) is 0 Å². The molecular formula is C28H29N3O7. The summed E-state index contributed by atoms with van der Waals surface area (Å²) in [6, 6.07) is 7.76. The summed E-state index contributed by atoms with van der Waals surface area (Å²) in [5, 5.41) is 20.6. The van der Waals surface area contributed by atoms with Crippen molar-refractivity contribution in [1.29, 1.82) is 0 Å². The topological polar surface area (TPSA) is 132 Å². The summed E-state index contributed by atoms with van der Waals surface area (Å²) in [4.78, 5) is 43.6. The number of hydrogen-bond acceptors (Lipinski definition) is 7. The van der Waals surface area contributed by atoms with Gasteiger partial charge in [0.2, 0.25) is 5.78 Å². The Morgan fingerprint density at radius 3 is 2.55 bits per heavy atom. The average molecular weight is 520 g/mol. The van der Waals surface area contributed by atoms with E-state index in [2.05, 4.69) is 9.88 Å². The fourth-order valence-corrected chi connectivity index (χ4v) is 4.63. The van der Waals surface area contributed by atoms with Gasteiger partial charge in [0.05, 0.1) is 16.7 Å². The minimum Gasteiger partial charge on any atom is -0.507 e. The van der Waals surface area contributed by atoms with Crippen LogP contribution in [0.3, 0.4) is 0 Å². The van der Waals surface area contributed by atoms with Crippen LogP contribution in [0.4, 0.5) is 4.79 Å². The molecule has 2 aliphatic rings. The number of aromatic hydroxyl groups is 1. The number of carbonyl (C=O) groups excluding carboxylic acids is 2. The first-order chi connectivity index (χ1) is 18.0. The zero-order chi connectivity index (χ0) is 27.2.